The van der Waals surface area contributed by atoms with Crippen molar-refractivity contribution in [3.05, 3.63) is 12.2 Å². The van der Waals surface area contributed by atoms with Crippen molar-refractivity contribution in [2.24, 2.45) is 0 Å². The zero-order valence-electron chi connectivity index (χ0n) is 12.3. The topological polar surface area (TPSA) is 20.2 Å². The van der Waals surface area contributed by atoms with Crippen LogP contribution in [-0.4, -0.2) is 15.9 Å². The van der Waals surface area contributed by atoms with Gasteiger partial charge in [0, 0.05) is 0 Å². The average molecular weight is 272 g/mol. The molecule has 0 fully saturated rings. The molecule has 0 unspecified atom stereocenters. The van der Waals surface area contributed by atoms with Crippen LogP contribution in [0, 0.1) is 0 Å². The van der Waals surface area contributed by atoms with Crippen LogP contribution in [-0.2, 0) is 0 Å². The summed E-state index contributed by atoms with van der Waals surface area (Å²) < 4.78 is 0. The first-order valence-corrected chi connectivity index (χ1v) is 8.79. The Morgan fingerprint density at radius 3 is 2.17 bits per heavy atom. The first-order valence-electron chi connectivity index (χ1n) is 7.71. The van der Waals surface area contributed by atoms with Crippen molar-refractivity contribution in [1.82, 2.24) is 0 Å². The number of rotatable bonds is 12. The van der Waals surface area contributed by atoms with Gasteiger partial charge in [0.05, 0.1) is 5.05 Å². The van der Waals surface area contributed by atoms with E-state index in [1.807, 2.05) is 6.08 Å². The molecule has 0 aromatic carbocycles. The molecule has 2 heteroatoms. The maximum atomic E-state index is 9.66. The molecule has 0 amide bonds. The van der Waals surface area contributed by atoms with Crippen molar-refractivity contribution in [1.29, 1.82) is 0 Å². The van der Waals surface area contributed by atoms with Crippen LogP contribution in [0.15, 0.2) is 12.2 Å². The van der Waals surface area contributed by atoms with Gasteiger partial charge in [0.2, 0.25) is 0 Å². The Labute approximate surface area is 118 Å². The third-order valence-corrected chi connectivity index (χ3v) is 4.04. The van der Waals surface area contributed by atoms with Crippen LogP contribution >= 0.6 is 11.4 Å². The summed E-state index contributed by atoms with van der Waals surface area (Å²) in [6.45, 7) is 4.47. The Kier molecular flexibility index (Phi) is 14.9. The standard InChI is InChI=1S/C16H32OS/c1-3-5-7-9-10-11-12-14-16(17)18-15-13-8-6-4-2/h12,14,17-18H,3-11,13,15H2,1-2H3/b14-12+. The average Bonchev–Trinajstić information content (AvgIpc) is 2.37. The van der Waals surface area contributed by atoms with E-state index in [1.165, 1.54) is 57.8 Å². The quantitative estimate of drug-likeness (QED) is 0.204. The zero-order valence-corrected chi connectivity index (χ0v) is 13.2. The normalized spacial score (nSPS) is 12.9. The van der Waals surface area contributed by atoms with Crippen LogP contribution in [0.3, 0.4) is 0 Å². The van der Waals surface area contributed by atoms with Crippen LogP contribution in [0.2, 0.25) is 0 Å². The fraction of sp³-hybridized carbons (Fsp3) is 0.812. The number of hydrogen-bond acceptors (Lipinski definition) is 0. The Bertz CT molecular complexity index is 221. The van der Waals surface area contributed by atoms with Crippen LogP contribution in [0.4, 0.5) is 0 Å². The van der Waals surface area contributed by atoms with Gasteiger partial charge in [-0.2, -0.15) is 11.4 Å². The Morgan fingerprint density at radius 2 is 1.50 bits per heavy atom. The fourth-order valence-electron chi connectivity index (χ4n) is 1.84. The molecule has 0 saturated carbocycles. The van der Waals surface area contributed by atoms with Gasteiger partial charge in [-0.1, -0.05) is 64.9 Å². The van der Waals surface area contributed by atoms with Crippen LogP contribution < -0.4 is 0 Å². The van der Waals surface area contributed by atoms with Gasteiger partial charge in [0.15, 0.2) is 0 Å². The maximum absolute atomic E-state index is 9.66. The minimum Gasteiger partial charge on any atom is -0.356 e. The van der Waals surface area contributed by atoms with E-state index < -0.39 is 0 Å². The molecule has 0 atom stereocenters. The van der Waals surface area contributed by atoms with E-state index >= 15 is 0 Å². The second-order valence-electron chi connectivity index (χ2n) is 4.91. The number of unbranched alkanes of at least 4 members (excludes halogenated alkanes) is 8. The van der Waals surface area contributed by atoms with Gasteiger partial charge in [0.1, 0.15) is 0 Å². The molecule has 1 nitrogen and oxygen atoms in total. The molecule has 0 aromatic heterocycles. The lowest BCUT2D eigenvalue weighted by Gasteiger charge is -1.97. The minimum absolute atomic E-state index is 0.542. The van der Waals surface area contributed by atoms with E-state index in [1.54, 1.807) is 0 Å². The molecule has 0 aliphatic rings. The molecule has 0 bridgehead atoms. The summed E-state index contributed by atoms with van der Waals surface area (Å²) in [5.74, 6) is 1.10. The first kappa shape index (κ1) is 17.9. The van der Waals surface area contributed by atoms with Gasteiger partial charge in [-0.3, -0.25) is 0 Å². The summed E-state index contributed by atoms with van der Waals surface area (Å²) in [6.07, 6.45) is 16.9. The molecule has 0 aliphatic carbocycles. The summed E-state index contributed by atoms with van der Waals surface area (Å²) in [5.41, 5.74) is 0. The van der Waals surface area contributed by atoms with Crippen molar-refractivity contribution in [3.8, 4) is 0 Å². The van der Waals surface area contributed by atoms with Gasteiger partial charge < -0.3 is 5.11 Å². The zero-order chi connectivity index (χ0) is 13.5. The van der Waals surface area contributed by atoms with Gasteiger partial charge in [-0.25, -0.2) is 0 Å². The molecule has 0 saturated heterocycles. The summed E-state index contributed by atoms with van der Waals surface area (Å²) >= 11 is 1.10. The molecule has 18 heavy (non-hydrogen) atoms. The van der Waals surface area contributed by atoms with E-state index in [9.17, 15) is 5.11 Å². The molecular weight excluding hydrogens is 240 g/mol. The highest BCUT2D eigenvalue weighted by Crippen LogP contribution is 2.06. The number of hydrogen-bond donors (Lipinski definition) is 2. The van der Waals surface area contributed by atoms with Gasteiger partial charge >= 0.3 is 0 Å². The molecule has 0 aromatic rings. The lowest BCUT2D eigenvalue weighted by Crippen LogP contribution is -1.88. The molecule has 0 aliphatic heterocycles. The van der Waals surface area contributed by atoms with Crippen LogP contribution in [0.1, 0.15) is 78.1 Å². The second kappa shape index (κ2) is 15.0. The molecular formula is C16H32OS. The number of allylic oxidation sites excluding steroid dienone is 1. The van der Waals surface area contributed by atoms with Crippen molar-refractivity contribution in [3.63, 3.8) is 0 Å². The van der Waals surface area contributed by atoms with Crippen molar-refractivity contribution >= 4 is 16.4 Å². The molecule has 0 radical (unpaired) electrons. The van der Waals surface area contributed by atoms with Crippen LogP contribution in [0.5, 0.6) is 0 Å². The minimum atomic E-state index is 0.542. The lowest BCUT2D eigenvalue weighted by atomic mass is 10.1. The maximum Gasteiger partial charge on any atom is 0.0924 e. The van der Waals surface area contributed by atoms with Crippen molar-refractivity contribution < 1.29 is 5.11 Å². The summed E-state index contributed by atoms with van der Waals surface area (Å²) in [5, 5.41) is 10.2. The monoisotopic (exact) mass is 272 g/mol. The molecule has 0 spiro atoms. The highest BCUT2D eigenvalue weighted by atomic mass is 32.1. The summed E-state index contributed by atoms with van der Waals surface area (Å²) in [4.78, 5) is 0. The van der Waals surface area contributed by atoms with E-state index in [0.717, 1.165) is 23.5 Å². The highest BCUT2D eigenvalue weighted by Gasteiger charge is 1.89. The van der Waals surface area contributed by atoms with E-state index in [2.05, 4.69) is 19.9 Å². The van der Waals surface area contributed by atoms with Crippen LogP contribution in [0.25, 0.3) is 0 Å². The number of thiol groups is 1. The van der Waals surface area contributed by atoms with Crippen molar-refractivity contribution in [2.75, 3.05) is 5.75 Å². The number of aliphatic hydroxyl groups excluding tert-OH is 1. The predicted octanol–water partition coefficient (Wildman–Crippen LogP) is 5.64. The third-order valence-electron chi connectivity index (χ3n) is 3.03. The first-order chi connectivity index (χ1) is 8.81. The Hall–Kier alpha value is -0.0800. The SMILES string of the molecule is CCCCCCC/C=C/C(O)=[SH]\CCCCCC. The van der Waals surface area contributed by atoms with Gasteiger partial charge in [-0.15, -0.1) is 0 Å². The van der Waals surface area contributed by atoms with E-state index in [0.29, 0.717) is 5.05 Å². The number of aliphatic hydroxyl groups is 1. The fourth-order valence-corrected chi connectivity index (χ4v) is 2.66. The van der Waals surface area contributed by atoms with Gasteiger partial charge in [-0.05, 0) is 31.1 Å². The largest absolute Gasteiger partial charge is 0.356 e. The second-order valence-corrected chi connectivity index (χ2v) is 6.13. The molecule has 1 N–H and O–H groups in total. The van der Waals surface area contributed by atoms with E-state index in [4.69, 9.17) is 0 Å². The van der Waals surface area contributed by atoms with Gasteiger partial charge in [0.25, 0.3) is 0 Å². The molecule has 108 valence electrons. The molecule has 0 rings (SSSR count). The lowest BCUT2D eigenvalue weighted by molar-refractivity contribution is 0.573. The predicted molar refractivity (Wildman–Crippen MR) is 88.1 cm³/mol. The summed E-state index contributed by atoms with van der Waals surface area (Å²) in [6, 6.07) is 0. The third kappa shape index (κ3) is 14.0. The molecule has 0 heterocycles. The Morgan fingerprint density at radius 1 is 0.889 bits per heavy atom. The smallest absolute Gasteiger partial charge is 0.0924 e. The van der Waals surface area contributed by atoms with E-state index in [-0.39, 0.29) is 0 Å². The summed E-state index contributed by atoms with van der Waals surface area (Å²) in [7, 11) is 0. The highest BCUT2D eigenvalue weighted by molar-refractivity contribution is 7.98. The Balaban J connectivity index is 3.42. The van der Waals surface area contributed by atoms with Crippen molar-refractivity contribution in [2.45, 2.75) is 78.1 Å².